The van der Waals surface area contributed by atoms with Crippen molar-refractivity contribution >= 4 is 23.7 Å². The molecule has 1 aliphatic heterocycles. The number of aryl methyl sites for hydroxylation is 1. The Kier molecular flexibility index (Phi) is 5.40. The molecule has 4 rings (SSSR count). The van der Waals surface area contributed by atoms with Crippen LogP contribution < -0.4 is 5.32 Å². The maximum Gasteiger partial charge on any atom is 0.324 e. The molecule has 0 radical (unpaired) electrons. The first-order valence-corrected chi connectivity index (χ1v) is 10.4. The average Bonchev–Trinajstić information content (AvgIpc) is 3.35. The molecular weight excluding hydrogens is 384 g/mol. The number of imidazole rings is 1. The number of nitrogens with zero attached hydrogens (tertiary/aromatic N) is 3. The Morgan fingerprint density at radius 3 is 2.52 bits per heavy atom. The molecule has 0 spiro atoms. The van der Waals surface area contributed by atoms with Crippen LogP contribution in [0.2, 0.25) is 0 Å². The van der Waals surface area contributed by atoms with Crippen LogP contribution in [-0.2, 0) is 4.79 Å². The molecule has 1 N–H and O–H groups in total. The Morgan fingerprint density at radius 1 is 1.14 bits per heavy atom. The highest BCUT2D eigenvalue weighted by Crippen LogP contribution is 2.32. The second-order valence-corrected chi connectivity index (χ2v) is 8.25. The van der Waals surface area contributed by atoms with Crippen LogP contribution >= 0.6 is 11.8 Å². The van der Waals surface area contributed by atoms with Crippen molar-refractivity contribution in [2.45, 2.75) is 24.3 Å². The molecule has 7 heteroatoms. The highest BCUT2D eigenvalue weighted by Gasteiger charge is 2.31. The number of benzene rings is 2. The fourth-order valence-electron chi connectivity index (χ4n) is 3.28. The van der Waals surface area contributed by atoms with Gasteiger partial charge in [0.15, 0.2) is 5.16 Å². The number of urea groups is 1. The van der Waals surface area contributed by atoms with Crippen molar-refractivity contribution in [3.05, 3.63) is 66.4 Å². The minimum atomic E-state index is -0.436. The fourth-order valence-corrected chi connectivity index (χ4v) is 4.25. The van der Waals surface area contributed by atoms with Gasteiger partial charge in [0.25, 0.3) is 0 Å². The molecule has 29 heavy (non-hydrogen) atoms. The van der Waals surface area contributed by atoms with Gasteiger partial charge in [-0.25, -0.2) is 9.78 Å². The second-order valence-electron chi connectivity index (χ2n) is 6.94. The molecule has 1 unspecified atom stereocenters. The molecule has 1 aromatic heterocycles. The third kappa shape index (κ3) is 3.91. The van der Waals surface area contributed by atoms with Gasteiger partial charge < -0.3 is 5.32 Å². The summed E-state index contributed by atoms with van der Waals surface area (Å²) in [7, 11) is 0. The van der Waals surface area contributed by atoms with Gasteiger partial charge in [-0.05, 0) is 26.0 Å². The largest absolute Gasteiger partial charge is 0.336 e. The van der Waals surface area contributed by atoms with Gasteiger partial charge in [0.1, 0.15) is 0 Å². The summed E-state index contributed by atoms with van der Waals surface area (Å²) in [5.41, 5.74) is 4.17. The van der Waals surface area contributed by atoms with Crippen LogP contribution in [-0.4, -0.2) is 44.7 Å². The topological polar surface area (TPSA) is 67.2 Å². The molecular formula is C22H22N4O2S. The van der Waals surface area contributed by atoms with Crippen LogP contribution in [0.5, 0.6) is 0 Å². The van der Waals surface area contributed by atoms with E-state index in [1.165, 1.54) is 22.2 Å². The molecule has 1 aliphatic rings. The van der Waals surface area contributed by atoms with Crippen LogP contribution in [0.25, 0.3) is 16.9 Å². The van der Waals surface area contributed by atoms with Gasteiger partial charge in [-0.3, -0.25) is 14.3 Å². The zero-order valence-corrected chi connectivity index (χ0v) is 17.1. The summed E-state index contributed by atoms with van der Waals surface area (Å²) in [5, 5.41) is 2.95. The lowest BCUT2D eigenvalue weighted by Gasteiger charge is -2.18. The van der Waals surface area contributed by atoms with Crippen LogP contribution in [0, 0.1) is 6.92 Å². The molecule has 0 aliphatic carbocycles. The summed E-state index contributed by atoms with van der Waals surface area (Å²) < 4.78 is 2.06. The maximum absolute atomic E-state index is 12.7. The SMILES string of the molecule is Cc1ccc(-c2cnc(SC(C)C(=O)N3CCNC3=O)n2-c2ccccc2)cc1. The van der Waals surface area contributed by atoms with E-state index in [-0.39, 0.29) is 11.9 Å². The van der Waals surface area contributed by atoms with Crippen molar-refractivity contribution in [1.82, 2.24) is 19.8 Å². The average molecular weight is 407 g/mol. The van der Waals surface area contributed by atoms with Crippen LogP contribution in [0.4, 0.5) is 4.79 Å². The first-order valence-electron chi connectivity index (χ1n) is 9.50. The molecule has 3 amide bonds. The molecule has 6 nitrogen and oxygen atoms in total. The number of aromatic nitrogens is 2. The number of rotatable bonds is 5. The molecule has 148 valence electrons. The van der Waals surface area contributed by atoms with E-state index in [9.17, 15) is 9.59 Å². The van der Waals surface area contributed by atoms with E-state index in [0.717, 1.165) is 16.9 Å². The Morgan fingerprint density at radius 2 is 1.86 bits per heavy atom. The number of carbonyl (C=O) groups excluding carboxylic acids is 2. The summed E-state index contributed by atoms with van der Waals surface area (Å²) in [5.74, 6) is -0.204. The van der Waals surface area contributed by atoms with E-state index in [1.807, 2.05) is 43.5 Å². The number of amides is 3. The summed E-state index contributed by atoms with van der Waals surface area (Å²) >= 11 is 1.36. The molecule has 2 heterocycles. The number of para-hydroxylation sites is 1. The van der Waals surface area contributed by atoms with E-state index in [4.69, 9.17) is 0 Å². The third-order valence-corrected chi connectivity index (χ3v) is 5.90. The van der Waals surface area contributed by atoms with Crippen LogP contribution in [0.15, 0.2) is 66.0 Å². The fraction of sp³-hybridized carbons (Fsp3) is 0.227. The van der Waals surface area contributed by atoms with E-state index in [1.54, 1.807) is 0 Å². The second kappa shape index (κ2) is 8.13. The molecule has 1 saturated heterocycles. The molecule has 2 aromatic carbocycles. The van der Waals surface area contributed by atoms with Gasteiger partial charge >= 0.3 is 6.03 Å². The quantitative estimate of drug-likeness (QED) is 0.653. The standard InChI is InChI=1S/C22H22N4O2S/c1-15-8-10-17(11-9-15)19-14-24-22(26(19)18-6-4-3-5-7-18)29-16(2)20(27)25-13-12-23-21(25)28/h3-11,14,16H,12-13H2,1-2H3,(H,23,28). The van der Waals surface area contributed by atoms with E-state index < -0.39 is 5.25 Å². The highest BCUT2D eigenvalue weighted by molar-refractivity contribution is 8.00. The van der Waals surface area contributed by atoms with Crippen molar-refractivity contribution in [2.24, 2.45) is 0 Å². The minimum absolute atomic E-state index is 0.204. The number of hydrogen-bond acceptors (Lipinski definition) is 4. The lowest BCUT2D eigenvalue weighted by molar-refractivity contribution is -0.126. The van der Waals surface area contributed by atoms with Gasteiger partial charge in [0.2, 0.25) is 5.91 Å². The monoisotopic (exact) mass is 406 g/mol. The van der Waals surface area contributed by atoms with Crippen molar-refractivity contribution in [2.75, 3.05) is 13.1 Å². The molecule has 0 saturated carbocycles. The minimum Gasteiger partial charge on any atom is -0.336 e. The Hall–Kier alpha value is -3.06. The van der Waals surface area contributed by atoms with Crippen LogP contribution in [0.3, 0.4) is 0 Å². The third-order valence-electron chi connectivity index (χ3n) is 4.84. The summed E-state index contributed by atoms with van der Waals surface area (Å²) in [6.45, 7) is 4.78. The normalized spacial score (nSPS) is 14.7. The zero-order chi connectivity index (χ0) is 20.4. The Bertz CT molecular complexity index is 1030. The van der Waals surface area contributed by atoms with Gasteiger partial charge in [-0.15, -0.1) is 0 Å². The number of thioether (sulfide) groups is 1. The lowest BCUT2D eigenvalue weighted by atomic mass is 10.1. The first-order chi connectivity index (χ1) is 14.0. The zero-order valence-electron chi connectivity index (χ0n) is 16.3. The van der Waals surface area contributed by atoms with Gasteiger partial charge in [0, 0.05) is 24.3 Å². The summed E-state index contributed by atoms with van der Waals surface area (Å²) in [6, 6.07) is 17.9. The molecule has 1 fully saturated rings. The smallest absolute Gasteiger partial charge is 0.324 e. The predicted octanol–water partition coefficient (Wildman–Crippen LogP) is 3.88. The summed E-state index contributed by atoms with van der Waals surface area (Å²) in [4.78, 5) is 30.5. The highest BCUT2D eigenvalue weighted by atomic mass is 32.2. The van der Waals surface area contributed by atoms with E-state index >= 15 is 0 Å². The van der Waals surface area contributed by atoms with Crippen molar-refractivity contribution in [3.8, 4) is 16.9 Å². The lowest BCUT2D eigenvalue weighted by Crippen LogP contribution is -2.39. The number of carbonyl (C=O) groups is 2. The van der Waals surface area contributed by atoms with Crippen molar-refractivity contribution in [1.29, 1.82) is 0 Å². The predicted molar refractivity (Wildman–Crippen MR) is 114 cm³/mol. The number of imide groups is 1. The van der Waals surface area contributed by atoms with E-state index in [2.05, 4.69) is 46.1 Å². The maximum atomic E-state index is 12.7. The molecule has 1 atom stereocenters. The van der Waals surface area contributed by atoms with E-state index in [0.29, 0.717) is 18.2 Å². The number of hydrogen-bond donors (Lipinski definition) is 1. The van der Waals surface area contributed by atoms with Gasteiger partial charge in [-0.1, -0.05) is 59.8 Å². The summed E-state index contributed by atoms with van der Waals surface area (Å²) in [6.07, 6.45) is 1.83. The molecule has 3 aromatic rings. The van der Waals surface area contributed by atoms with Gasteiger partial charge in [-0.2, -0.15) is 0 Å². The first kappa shape index (κ1) is 19.3. The van der Waals surface area contributed by atoms with Gasteiger partial charge in [0.05, 0.1) is 17.1 Å². The molecule has 0 bridgehead atoms. The van der Waals surface area contributed by atoms with Crippen molar-refractivity contribution < 1.29 is 9.59 Å². The number of nitrogens with one attached hydrogen (secondary N) is 1. The van der Waals surface area contributed by atoms with Crippen molar-refractivity contribution in [3.63, 3.8) is 0 Å². The van der Waals surface area contributed by atoms with Crippen LogP contribution in [0.1, 0.15) is 12.5 Å². The Labute approximate surface area is 173 Å². The Balaban J connectivity index is 1.69.